The number of anilines is 1. The smallest absolute Gasteiger partial charge is 0.149 e. The number of nitrogens with zero attached hydrogens (tertiary/aromatic N) is 3. The van der Waals surface area contributed by atoms with Crippen LogP contribution >= 0.6 is 11.6 Å². The van der Waals surface area contributed by atoms with Crippen molar-refractivity contribution in [2.75, 3.05) is 23.5 Å². The van der Waals surface area contributed by atoms with E-state index in [0.29, 0.717) is 40.1 Å². The summed E-state index contributed by atoms with van der Waals surface area (Å²) in [5.74, 6) is 1.40. The van der Waals surface area contributed by atoms with E-state index in [9.17, 15) is 12.8 Å². The minimum absolute atomic E-state index is 0.0410. The zero-order valence-corrected chi connectivity index (χ0v) is 22.6. The molecule has 0 aliphatic heterocycles. The maximum Gasteiger partial charge on any atom is 0.149 e. The van der Waals surface area contributed by atoms with Crippen molar-refractivity contribution in [3.63, 3.8) is 0 Å². The third kappa shape index (κ3) is 6.93. The van der Waals surface area contributed by atoms with Crippen LogP contribution in [0.15, 0.2) is 89.7 Å². The van der Waals surface area contributed by atoms with E-state index in [1.54, 1.807) is 30.5 Å². The molecule has 0 spiro atoms. The zero-order valence-electron chi connectivity index (χ0n) is 21.1. The maximum atomic E-state index is 13.5. The van der Waals surface area contributed by atoms with Gasteiger partial charge < -0.3 is 14.1 Å². The number of aromatic nitrogens is 2. The SMILES string of the molecule is CS(=O)(=O)CCN(Cc1ccc(-c2ccc3ncncc3c2)o1)c1ccc(OCc2cccc(F)c2)c(Cl)c1. The second-order valence-electron chi connectivity index (χ2n) is 9.15. The van der Waals surface area contributed by atoms with E-state index < -0.39 is 9.84 Å². The average molecular weight is 566 g/mol. The van der Waals surface area contributed by atoms with Crippen LogP contribution in [0.3, 0.4) is 0 Å². The monoisotopic (exact) mass is 565 g/mol. The van der Waals surface area contributed by atoms with Crippen molar-refractivity contribution in [3.05, 3.63) is 107 Å². The number of benzene rings is 3. The Bertz CT molecular complexity index is 1730. The summed E-state index contributed by atoms with van der Waals surface area (Å²) in [4.78, 5) is 10.2. The van der Waals surface area contributed by atoms with Gasteiger partial charge in [0.25, 0.3) is 0 Å². The summed E-state index contributed by atoms with van der Waals surface area (Å²) in [6.45, 7) is 0.721. The van der Waals surface area contributed by atoms with Crippen LogP contribution in [0, 0.1) is 5.82 Å². The second kappa shape index (κ2) is 11.4. The molecule has 0 N–H and O–H groups in total. The number of rotatable bonds is 10. The molecule has 0 radical (unpaired) electrons. The highest BCUT2D eigenvalue weighted by molar-refractivity contribution is 7.90. The maximum absolute atomic E-state index is 13.5. The normalized spacial score (nSPS) is 11.6. The second-order valence-corrected chi connectivity index (χ2v) is 11.8. The van der Waals surface area contributed by atoms with Crippen LogP contribution < -0.4 is 9.64 Å². The Morgan fingerprint density at radius 3 is 2.72 bits per heavy atom. The van der Waals surface area contributed by atoms with Crippen LogP contribution in [0.2, 0.25) is 5.02 Å². The van der Waals surface area contributed by atoms with Crippen LogP contribution in [-0.2, 0) is 23.0 Å². The lowest BCUT2D eigenvalue weighted by molar-refractivity contribution is 0.306. The first-order chi connectivity index (χ1) is 18.7. The van der Waals surface area contributed by atoms with Gasteiger partial charge in [-0.25, -0.2) is 22.8 Å². The van der Waals surface area contributed by atoms with Gasteiger partial charge in [-0.2, -0.15) is 0 Å². The summed E-state index contributed by atoms with van der Waals surface area (Å²) < 4.78 is 49.3. The number of hydrogen-bond donors (Lipinski definition) is 0. The number of ether oxygens (including phenoxy) is 1. The Labute approximate surface area is 230 Å². The molecule has 0 fully saturated rings. The van der Waals surface area contributed by atoms with Crippen LogP contribution in [0.1, 0.15) is 11.3 Å². The molecule has 5 rings (SSSR count). The number of fused-ring (bicyclic) bond motifs is 1. The van der Waals surface area contributed by atoms with Gasteiger partial charge in [0.1, 0.15) is 45.9 Å². The Morgan fingerprint density at radius 2 is 1.92 bits per heavy atom. The van der Waals surface area contributed by atoms with Crippen LogP contribution in [0.5, 0.6) is 5.75 Å². The summed E-state index contributed by atoms with van der Waals surface area (Å²) in [6, 6.07) is 20.9. The van der Waals surface area contributed by atoms with Gasteiger partial charge >= 0.3 is 0 Å². The molecule has 2 heterocycles. The van der Waals surface area contributed by atoms with Gasteiger partial charge in [-0.1, -0.05) is 23.7 Å². The predicted octanol–water partition coefficient (Wildman–Crippen LogP) is 6.31. The molecule has 0 aliphatic rings. The molecular weight excluding hydrogens is 541 g/mol. The largest absolute Gasteiger partial charge is 0.487 e. The third-order valence-corrected chi connectivity index (χ3v) is 7.31. The summed E-state index contributed by atoms with van der Waals surface area (Å²) >= 11 is 6.52. The van der Waals surface area contributed by atoms with Gasteiger partial charge in [0.15, 0.2) is 0 Å². The number of halogens is 2. The molecule has 0 saturated heterocycles. The van der Waals surface area contributed by atoms with Crippen molar-refractivity contribution in [2.45, 2.75) is 13.2 Å². The summed E-state index contributed by atoms with van der Waals surface area (Å²) in [6.07, 6.45) is 4.46. The third-order valence-electron chi connectivity index (χ3n) is 6.09. The standard InChI is InChI=1S/C29H25ClFN3O4S/c1-39(35,36)12-11-34(24-6-9-29(26(30)15-24)37-18-20-3-2-4-23(31)13-20)17-25-7-10-28(38-25)21-5-8-27-22(14-21)16-32-19-33-27/h2-10,13-16,19H,11-12,17-18H2,1H3. The number of hydrogen-bond acceptors (Lipinski definition) is 7. The minimum atomic E-state index is -3.21. The fourth-order valence-corrected chi connectivity index (χ4v) is 4.89. The van der Waals surface area contributed by atoms with Crippen molar-refractivity contribution in [1.29, 1.82) is 0 Å². The highest BCUT2D eigenvalue weighted by Crippen LogP contribution is 2.32. The van der Waals surface area contributed by atoms with Crippen molar-refractivity contribution < 1.29 is 22.0 Å². The molecule has 10 heteroatoms. The minimum Gasteiger partial charge on any atom is -0.487 e. The van der Waals surface area contributed by atoms with Crippen molar-refractivity contribution in [1.82, 2.24) is 9.97 Å². The van der Waals surface area contributed by atoms with E-state index in [4.69, 9.17) is 20.8 Å². The van der Waals surface area contributed by atoms with Crippen LogP contribution in [-0.4, -0.2) is 36.9 Å². The Kier molecular flexibility index (Phi) is 7.81. The van der Waals surface area contributed by atoms with E-state index >= 15 is 0 Å². The van der Waals surface area contributed by atoms with Gasteiger partial charge in [0.2, 0.25) is 0 Å². The first kappa shape index (κ1) is 26.6. The van der Waals surface area contributed by atoms with Gasteiger partial charge in [-0.05, 0) is 66.2 Å². The number of sulfone groups is 1. The van der Waals surface area contributed by atoms with Crippen LogP contribution in [0.25, 0.3) is 22.2 Å². The summed E-state index contributed by atoms with van der Waals surface area (Å²) in [5, 5.41) is 1.25. The quantitative estimate of drug-likeness (QED) is 0.196. The highest BCUT2D eigenvalue weighted by Gasteiger charge is 2.16. The zero-order chi connectivity index (χ0) is 27.4. The summed E-state index contributed by atoms with van der Waals surface area (Å²) in [7, 11) is -3.21. The lowest BCUT2D eigenvalue weighted by atomic mass is 10.1. The average Bonchev–Trinajstić information content (AvgIpc) is 3.38. The first-order valence-electron chi connectivity index (χ1n) is 12.1. The van der Waals surface area contributed by atoms with Gasteiger partial charge in [-0.15, -0.1) is 0 Å². The van der Waals surface area contributed by atoms with E-state index in [1.165, 1.54) is 24.7 Å². The number of furan rings is 1. The van der Waals surface area contributed by atoms with Gasteiger partial charge in [0.05, 0.1) is 22.8 Å². The molecule has 39 heavy (non-hydrogen) atoms. The van der Waals surface area contributed by atoms with E-state index in [1.807, 2.05) is 41.3 Å². The Balaban J connectivity index is 1.35. The summed E-state index contributed by atoms with van der Waals surface area (Å²) in [5.41, 5.74) is 3.11. The van der Waals surface area contributed by atoms with E-state index in [0.717, 1.165) is 16.5 Å². The van der Waals surface area contributed by atoms with E-state index in [-0.39, 0.29) is 24.7 Å². The fraction of sp³-hybridized carbons (Fsp3) is 0.172. The molecule has 0 saturated carbocycles. The molecule has 0 atom stereocenters. The molecule has 7 nitrogen and oxygen atoms in total. The van der Waals surface area contributed by atoms with Crippen molar-refractivity contribution in [3.8, 4) is 17.1 Å². The first-order valence-corrected chi connectivity index (χ1v) is 14.6. The molecule has 3 aromatic carbocycles. The molecule has 200 valence electrons. The Morgan fingerprint density at radius 1 is 1.05 bits per heavy atom. The highest BCUT2D eigenvalue weighted by atomic mass is 35.5. The fourth-order valence-electron chi connectivity index (χ4n) is 4.11. The van der Waals surface area contributed by atoms with Gasteiger partial charge in [0, 0.05) is 35.6 Å². The molecular formula is C29H25ClFN3O4S. The molecule has 0 unspecified atom stereocenters. The molecule has 2 aromatic heterocycles. The molecule has 5 aromatic rings. The predicted molar refractivity (Wildman–Crippen MR) is 150 cm³/mol. The lowest BCUT2D eigenvalue weighted by Crippen LogP contribution is -2.28. The molecule has 0 amide bonds. The molecule has 0 aliphatic carbocycles. The van der Waals surface area contributed by atoms with E-state index in [2.05, 4.69) is 9.97 Å². The van der Waals surface area contributed by atoms with Crippen molar-refractivity contribution in [2.24, 2.45) is 0 Å². The Hall–Kier alpha value is -3.95. The lowest BCUT2D eigenvalue weighted by Gasteiger charge is -2.24. The topological polar surface area (TPSA) is 85.5 Å². The van der Waals surface area contributed by atoms with Crippen LogP contribution in [0.4, 0.5) is 10.1 Å². The molecule has 0 bridgehead atoms. The van der Waals surface area contributed by atoms with Crippen molar-refractivity contribution >= 4 is 38.0 Å². The van der Waals surface area contributed by atoms with Gasteiger partial charge in [-0.3, -0.25) is 0 Å².